The summed E-state index contributed by atoms with van der Waals surface area (Å²) in [4.78, 5) is 11.0. The zero-order valence-corrected chi connectivity index (χ0v) is 8.82. The molecule has 0 fully saturated rings. The third-order valence-corrected chi connectivity index (χ3v) is 1.78. The van der Waals surface area contributed by atoms with E-state index >= 15 is 0 Å². The number of anilines is 1. The highest BCUT2D eigenvalue weighted by molar-refractivity contribution is 5.92. The quantitative estimate of drug-likeness (QED) is 0.768. The zero-order valence-electron chi connectivity index (χ0n) is 8.82. The molecule has 0 saturated carbocycles. The number of hydrogen-bond acceptors (Lipinski definition) is 3. The normalized spacial score (nSPS) is 9.73. The Labute approximate surface area is 89.4 Å². The number of nitrogens with two attached hydrogens (primary N) is 1. The standard InChI is InChI=1S/C11H16N2O2/c1-2-6-15-10-5-3-4-9(7-10)13-11(14)8-12/h3-5,7H,2,6,8,12H2,1H3,(H,13,14). The molecular formula is C11H16N2O2. The van der Waals surface area contributed by atoms with Gasteiger partial charge in [-0.2, -0.15) is 0 Å². The zero-order chi connectivity index (χ0) is 11.1. The molecule has 82 valence electrons. The molecule has 1 amide bonds. The number of ether oxygens (including phenoxy) is 1. The maximum atomic E-state index is 11.0. The number of amides is 1. The minimum atomic E-state index is -0.206. The molecule has 1 rings (SSSR count). The molecular weight excluding hydrogens is 192 g/mol. The summed E-state index contributed by atoms with van der Waals surface area (Å²) in [6.45, 7) is 2.70. The highest BCUT2D eigenvalue weighted by Gasteiger charge is 2.00. The maximum absolute atomic E-state index is 11.0. The van der Waals surface area contributed by atoms with Gasteiger partial charge in [0.2, 0.25) is 5.91 Å². The minimum absolute atomic E-state index is 0.0138. The number of hydrogen-bond donors (Lipinski definition) is 2. The predicted octanol–water partition coefficient (Wildman–Crippen LogP) is 1.37. The smallest absolute Gasteiger partial charge is 0.238 e. The Hall–Kier alpha value is -1.55. The van der Waals surface area contributed by atoms with Gasteiger partial charge in [-0.15, -0.1) is 0 Å². The Balaban J connectivity index is 2.61. The molecule has 1 aromatic carbocycles. The number of benzene rings is 1. The van der Waals surface area contributed by atoms with E-state index in [1.807, 2.05) is 19.1 Å². The van der Waals surface area contributed by atoms with Gasteiger partial charge < -0.3 is 15.8 Å². The fraction of sp³-hybridized carbons (Fsp3) is 0.364. The van der Waals surface area contributed by atoms with Gasteiger partial charge in [-0.25, -0.2) is 0 Å². The van der Waals surface area contributed by atoms with Crippen molar-refractivity contribution in [2.45, 2.75) is 13.3 Å². The van der Waals surface area contributed by atoms with Gasteiger partial charge in [0.15, 0.2) is 0 Å². The lowest BCUT2D eigenvalue weighted by atomic mass is 10.3. The summed E-state index contributed by atoms with van der Waals surface area (Å²) in [5, 5.41) is 2.66. The molecule has 15 heavy (non-hydrogen) atoms. The van der Waals surface area contributed by atoms with Crippen molar-refractivity contribution in [3.05, 3.63) is 24.3 Å². The predicted molar refractivity (Wildman–Crippen MR) is 59.9 cm³/mol. The van der Waals surface area contributed by atoms with Crippen LogP contribution in [0.15, 0.2) is 24.3 Å². The molecule has 0 aliphatic heterocycles. The van der Waals surface area contributed by atoms with E-state index in [4.69, 9.17) is 10.5 Å². The lowest BCUT2D eigenvalue weighted by Crippen LogP contribution is -2.21. The van der Waals surface area contributed by atoms with E-state index in [0.717, 1.165) is 12.2 Å². The monoisotopic (exact) mass is 208 g/mol. The van der Waals surface area contributed by atoms with Crippen molar-refractivity contribution in [1.29, 1.82) is 0 Å². The molecule has 0 bridgehead atoms. The van der Waals surface area contributed by atoms with E-state index in [1.165, 1.54) is 0 Å². The summed E-state index contributed by atoms with van der Waals surface area (Å²) in [7, 11) is 0. The lowest BCUT2D eigenvalue weighted by molar-refractivity contribution is -0.114. The summed E-state index contributed by atoms with van der Waals surface area (Å²) < 4.78 is 5.43. The number of nitrogens with one attached hydrogen (secondary N) is 1. The molecule has 0 aromatic heterocycles. The lowest BCUT2D eigenvalue weighted by Gasteiger charge is -2.07. The second-order valence-corrected chi connectivity index (χ2v) is 3.13. The van der Waals surface area contributed by atoms with Crippen LogP contribution in [0.5, 0.6) is 5.75 Å². The molecule has 4 heteroatoms. The molecule has 0 radical (unpaired) electrons. The van der Waals surface area contributed by atoms with E-state index in [2.05, 4.69) is 5.32 Å². The molecule has 1 aromatic rings. The Bertz CT molecular complexity index is 326. The fourth-order valence-electron chi connectivity index (χ4n) is 1.10. The van der Waals surface area contributed by atoms with Crippen LogP contribution in [0.4, 0.5) is 5.69 Å². The molecule has 0 heterocycles. The van der Waals surface area contributed by atoms with Gasteiger partial charge in [0.25, 0.3) is 0 Å². The largest absolute Gasteiger partial charge is 0.494 e. The molecule has 3 N–H and O–H groups in total. The Morgan fingerprint density at radius 1 is 1.53 bits per heavy atom. The van der Waals surface area contributed by atoms with E-state index < -0.39 is 0 Å². The first-order chi connectivity index (χ1) is 7.26. The third-order valence-electron chi connectivity index (χ3n) is 1.78. The summed E-state index contributed by atoms with van der Waals surface area (Å²) in [5.74, 6) is 0.550. The minimum Gasteiger partial charge on any atom is -0.494 e. The van der Waals surface area contributed by atoms with Crippen molar-refractivity contribution in [1.82, 2.24) is 0 Å². The summed E-state index contributed by atoms with van der Waals surface area (Å²) in [6, 6.07) is 7.26. The molecule has 0 aliphatic rings. The van der Waals surface area contributed by atoms with Gasteiger partial charge >= 0.3 is 0 Å². The van der Waals surface area contributed by atoms with Crippen LogP contribution >= 0.6 is 0 Å². The molecule has 0 saturated heterocycles. The van der Waals surface area contributed by atoms with Crippen LogP contribution in [0.25, 0.3) is 0 Å². The van der Waals surface area contributed by atoms with Gasteiger partial charge in [-0.05, 0) is 18.6 Å². The Morgan fingerprint density at radius 3 is 3.00 bits per heavy atom. The van der Waals surface area contributed by atoms with E-state index in [-0.39, 0.29) is 12.5 Å². The molecule has 0 aliphatic carbocycles. The Kier molecular flexibility index (Phi) is 4.63. The van der Waals surface area contributed by atoms with E-state index in [9.17, 15) is 4.79 Å². The first-order valence-corrected chi connectivity index (χ1v) is 4.99. The maximum Gasteiger partial charge on any atom is 0.238 e. The highest BCUT2D eigenvalue weighted by atomic mass is 16.5. The fourth-order valence-corrected chi connectivity index (χ4v) is 1.10. The van der Waals surface area contributed by atoms with Gasteiger partial charge in [0.1, 0.15) is 5.75 Å². The van der Waals surface area contributed by atoms with Crippen LogP contribution < -0.4 is 15.8 Å². The van der Waals surface area contributed by atoms with E-state index in [0.29, 0.717) is 12.3 Å². The van der Waals surface area contributed by atoms with Crippen molar-refractivity contribution in [2.75, 3.05) is 18.5 Å². The second kappa shape index (κ2) is 6.03. The van der Waals surface area contributed by atoms with E-state index in [1.54, 1.807) is 12.1 Å². The van der Waals surface area contributed by atoms with Crippen LogP contribution in [-0.4, -0.2) is 19.1 Å². The average molecular weight is 208 g/mol. The van der Waals surface area contributed by atoms with Crippen LogP contribution in [0.3, 0.4) is 0 Å². The number of carbonyl (C=O) groups excluding carboxylic acids is 1. The van der Waals surface area contributed by atoms with Crippen molar-refractivity contribution in [3.8, 4) is 5.75 Å². The first kappa shape index (κ1) is 11.5. The van der Waals surface area contributed by atoms with Crippen molar-refractivity contribution in [2.24, 2.45) is 5.73 Å². The number of carbonyl (C=O) groups is 1. The molecule has 4 nitrogen and oxygen atoms in total. The van der Waals surface area contributed by atoms with Crippen molar-refractivity contribution < 1.29 is 9.53 Å². The van der Waals surface area contributed by atoms with Crippen molar-refractivity contribution >= 4 is 11.6 Å². The molecule has 0 spiro atoms. The Morgan fingerprint density at radius 2 is 2.33 bits per heavy atom. The second-order valence-electron chi connectivity index (χ2n) is 3.13. The van der Waals surface area contributed by atoms with Gasteiger partial charge in [0.05, 0.1) is 13.2 Å². The third kappa shape index (κ3) is 3.99. The van der Waals surface area contributed by atoms with Gasteiger partial charge in [-0.3, -0.25) is 4.79 Å². The molecule has 0 unspecified atom stereocenters. The summed E-state index contributed by atoms with van der Waals surface area (Å²) >= 11 is 0. The first-order valence-electron chi connectivity index (χ1n) is 4.99. The summed E-state index contributed by atoms with van der Waals surface area (Å²) in [5.41, 5.74) is 5.90. The number of rotatable bonds is 5. The molecule has 0 atom stereocenters. The van der Waals surface area contributed by atoms with Crippen LogP contribution in [0.1, 0.15) is 13.3 Å². The van der Waals surface area contributed by atoms with Gasteiger partial charge in [0, 0.05) is 11.8 Å². The topological polar surface area (TPSA) is 64.3 Å². The van der Waals surface area contributed by atoms with Crippen molar-refractivity contribution in [3.63, 3.8) is 0 Å². The van der Waals surface area contributed by atoms with Gasteiger partial charge in [-0.1, -0.05) is 13.0 Å². The van der Waals surface area contributed by atoms with Crippen LogP contribution in [-0.2, 0) is 4.79 Å². The van der Waals surface area contributed by atoms with Crippen LogP contribution in [0.2, 0.25) is 0 Å². The highest BCUT2D eigenvalue weighted by Crippen LogP contribution is 2.17. The summed E-state index contributed by atoms with van der Waals surface area (Å²) in [6.07, 6.45) is 0.958. The SMILES string of the molecule is CCCOc1cccc(NC(=O)CN)c1. The van der Waals surface area contributed by atoms with Crippen LogP contribution in [0, 0.1) is 0 Å². The average Bonchev–Trinajstić information content (AvgIpc) is 2.26.